The van der Waals surface area contributed by atoms with E-state index in [1.165, 1.54) is 0 Å². The summed E-state index contributed by atoms with van der Waals surface area (Å²) in [6.45, 7) is 3.77. The third kappa shape index (κ3) is 1.50. The van der Waals surface area contributed by atoms with Crippen LogP contribution in [0.15, 0.2) is 18.2 Å². The summed E-state index contributed by atoms with van der Waals surface area (Å²) >= 11 is 0. The average molecular weight is 221 g/mol. The smallest absolute Gasteiger partial charge is 0.347 e. The SMILES string of the molecule is Cc1cccc2c1OC(C(=O)O)C(C)N2C. The minimum Gasteiger partial charge on any atom is -0.478 e. The highest BCUT2D eigenvalue weighted by Gasteiger charge is 2.36. The van der Waals surface area contributed by atoms with E-state index in [1.807, 2.05) is 44.0 Å². The zero-order chi connectivity index (χ0) is 11.9. The monoisotopic (exact) mass is 221 g/mol. The van der Waals surface area contributed by atoms with Crippen LogP contribution in [0, 0.1) is 6.92 Å². The summed E-state index contributed by atoms with van der Waals surface area (Å²) in [6, 6.07) is 5.63. The number of hydrogen-bond acceptors (Lipinski definition) is 3. The molecular formula is C12H15NO3. The number of likely N-dealkylation sites (N-methyl/N-ethyl adjacent to an activating group) is 1. The lowest BCUT2D eigenvalue weighted by atomic mass is 10.1. The van der Waals surface area contributed by atoms with Gasteiger partial charge >= 0.3 is 5.97 Å². The molecule has 0 spiro atoms. The molecule has 0 amide bonds. The van der Waals surface area contributed by atoms with Gasteiger partial charge in [0.15, 0.2) is 0 Å². The quantitative estimate of drug-likeness (QED) is 0.783. The second-order valence-electron chi connectivity index (χ2n) is 4.15. The standard InChI is InChI=1S/C12H15NO3/c1-7-5-4-6-9-10(7)16-11(12(14)15)8(2)13(9)3/h4-6,8,11H,1-3H3,(H,14,15). The van der Waals surface area contributed by atoms with Crippen molar-refractivity contribution in [3.8, 4) is 5.75 Å². The van der Waals surface area contributed by atoms with E-state index in [9.17, 15) is 4.79 Å². The van der Waals surface area contributed by atoms with Crippen molar-refractivity contribution < 1.29 is 14.6 Å². The first-order valence-electron chi connectivity index (χ1n) is 5.24. The van der Waals surface area contributed by atoms with Crippen LogP contribution in [0.25, 0.3) is 0 Å². The molecule has 0 radical (unpaired) electrons. The molecule has 1 aliphatic rings. The van der Waals surface area contributed by atoms with E-state index < -0.39 is 12.1 Å². The third-order valence-electron chi connectivity index (χ3n) is 3.11. The second-order valence-corrected chi connectivity index (χ2v) is 4.15. The van der Waals surface area contributed by atoms with Gasteiger partial charge < -0.3 is 14.7 Å². The summed E-state index contributed by atoms with van der Waals surface area (Å²) in [6.07, 6.45) is -0.807. The first-order valence-corrected chi connectivity index (χ1v) is 5.24. The van der Waals surface area contributed by atoms with Crippen LogP contribution in [0.5, 0.6) is 5.75 Å². The van der Waals surface area contributed by atoms with Crippen molar-refractivity contribution in [1.82, 2.24) is 0 Å². The van der Waals surface area contributed by atoms with Crippen molar-refractivity contribution in [2.24, 2.45) is 0 Å². The van der Waals surface area contributed by atoms with E-state index in [4.69, 9.17) is 9.84 Å². The fourth-order valence-corrected chi connectivity index (χ4v) is 1.97. The predicted molar refractivity (Wildman–Crippen MR) is 61.1 cm³/mol. The molecule has 86 valence electrons. The lowest BCUT2D eigenvalue weighted by Gasteiger charge is -2.38. The number of carboxylic acid groups (broad SMARTS) is 1. The van der Waals surface area contributed by atoms with Crippen LogP contribution in [0.1, 0.15) is 12.5 Å². The van der Waals surface area contributed by atoms with Gasteiger partial charge in [-0.3, -0.25) is 0 Å². The van der Waals surface area contributed by atoms with Gasteiger partial charge in [0.2, 0.25) is 6.10 Å². The van der Waals surface area contributed by atoms with Gasteiger partial charge in [-0.15, -0.1) is 0 Å². The number of para-hydroxylation sites is 1. The fourth-order valence-electron chi connectivity index (χ4n) is 1.97. The van der Waals surface area contributed by atoms with Gasteiger partial charge in [-0.25, -0.2) is 4.79 Å². The number of anilines is 1. The molecule has 0 fully saturated rings. The summed E-state index contributed by atoms with van der Waals surface area (Å²) < 4.78 is 5.57. The highest BCUT2D eigenvalue weighted by molar-refractivity contribution is 5.77. The minimum atomic E-state index is -0.923. The summed E-state index contributed by atoms with van der Waals surface area (Å²) in [5.41, 5.74) is 1.91. The van der Waals surface area contributed by atoms with Crippen LogP contribution in [-0.4, -0.2) is 30.3 Å². The lowest BCUT2D eigenvalue weighted by molar-refractivity contribution is -0.146. The van der Waals surface area contributed by atoms with Crippen molar-refractivity contribution in [2.45, 2.75) is 26.0 Å². The largest absolute Gasteiger partial charge is 0.478 e. The number of aliphatic carboxylic acids is 1. The highest BCUT2D eigenvalue weighted by atomic mass is 16.5. The number of rotatable bonds is 1. The Bertz CT molecular complexity index is 430. The molecular weight excluding hydrogens is 206 g/mol. The zero-order valence-electron chi connectivity index (χ0n) is 9.60. The van der Waals surface area contributed by atoms with Gasteiger partial charge in [0.25, 0.3) is 0 Å². The van der Waals surface area contributed by atoms with Crippen molar-refractivity contribution in [2.75, 3.05) is 11.9 Å². The van der Waals surface area contributed by atoms with E-state index in [0.29, 0.717) is 5.75 Å². The summed E-state index contributed by atoms with van der Waals surface area (Å²) in [7, 11) is 1.89. The molecule has 4 heteroatoms. The molecule has 0 saturated heterocycles. The van der Waals surface area contributed by atoms with Gasteiger partial charge in [0.1, 0.15) is 5.75 Å². The van der Waals surface area contributed by atoms with Crippen LogP contribution in [0.3, 0.4) is 0 Å². The Hall–Kier alpha value is -1.71. The number of benzene rings is 1. The molecule has 4 nitrogen and oxygen atoms in total. The molecule has 0 aromatic heterocycles. The number of hydrogen-bond donors (Lipinski definition) is 1. The van der Waals surface area contributed by atoms with Crippen LogP contribution in [-0.2, 0) is 4.79 Å². The number of carbonyl (C=O) groups is 1. The number of carboxylic acids is 1. The molecule has 1 N–H and O–H groups in total. The first-order chi connectivity index (χ1) is 7.52. The topological polar surface area (TPSA) is 49.8 Å². The molecule has 2 rings (SSSR count). The van der Waals surface area contributed by atoms with Crippen LogP contribution < -0.4 is 9.64 Å². The highest BCUT2D eigenvalue weighted by Crippen LogP contribution is 2.37. The number of aryl methyl sites for hydroxylation is 1. The van der Waals surface area contributed by atoms with E-state index in [2.05, 4.69) is 0 Å². The van der Waals surface area contributed by atoms with E-state index in [0.717, 1.165) is 11.3 Å². The predicted octanol–water partition coefficient (Wildman–Crippen LogP) is 1.67. The van der Waals surface area contributed by atoms with Crippen LogP contribution >= 0.6 is 0 Å². The number of nitrogens with zero attached hydrogens (tertiary/aromatic N) is 1. The Balaban J connectivity index is 2.48. The van der Waals surface area contributed by atoms with Crippen LogP contribution in [0.4, 0.5) is 5.69 Å². The first kappa shape index (κ1) is 10.8. The third-order valence-corrected chi connectivity index (χ3v) is 3.11. The van der Waals surface area contributed by atoms with Crippen LogP contribution in [0.2, 0.25) is 0 Å². The Kier molecular flexibility index (Phi) is 2.50. The zero-order valence-corrected chi connectivity index (χ0v) is 9.60. The molecule has 1 aromatic rings. The molecule has 1 aliphatic heterocycles. The maximum absolute atomic E-state index is 11.1. The van der Waals surface area contributed by atoms with E-state index in [1.54, 1.807) is 0 Å². The maximum Gasteiger partial charge on any atom is 0.347 e. The van der Waals surface area contributed by atoms with Gasteiger partial charge in [0.05, 0.1) is 11.7 Å². The van der Waals surface area contributed by atoms with Gasteiger partial charge in [-0.05, 0) is 25.5 Å². The molecule has 0 bridgehead atoms. The normalized spacial score (nSPS) is 23.6. The van der Waals surface area contributed by atoms with Gasteiger partial charge in [-0.1, -0.05) is 12.1 Å². The van der Waals surface area contributed by atoms with Crippen molar-refractivity contribution in [1.29, 1.82) is 0 Å². The molecule has 0 saturated carbocycles. The number of ether oxygens (including phenoxy) is 1. The Morgan fingerprint density at radius 2 is 2.19 bits per heavy atom. The van der Waals surface area contributed by atoms with E-state index >= 15 is 0 Å². The lowest BCUT2D eigenvalue weighted by Crippen LogP contribution is -2.50. The number of fused-ring (bicyclic) bond motifs is 1. The average Bonchev–Trinajstić information content (AvgIpc) is 2.23. The molecule has 0 aliphatic carbocycles. The van der Waals surface area contributed by atoms with E-state index in [-0.39, 0.29) is 6.04 Å². The van der Waals surface area contributed by atoms with Gasteiger partial charge in [-0.2, -0.15) is 0 Å². The van der Waals surface area contributed by atoms with Crippen molar-refractivity contribution in [3.05, 3.63) is 23.8 Å². The molecule has 16 heavy (non-hydrogen) atoms. The Morgan fingerprint density at radius 3 is 2.81 bits per heavy atom. The summed E-state index contributed by atoms with van der Waals surface area (Å²) in [5.74, 6) is -0.247. The maximum atomic E-state index is 11.1. The van der Waals surface area contributed by atoms with Gasteiger partial charge in [0, 0.05) is 7.05 Å². The molecule has 1 heterocycles. The molecule has 1 aromatic carbocycles. The second kappa shape index (κ2) is 3.70. The summed E-state index contributed by atoms with van der Waals surface area (Å²) in [5, 5.41) is 9.09. The fraction of sp³-hybridized carbons (Fsp3) is 0.417. The molecule has 2 unspecified atom stereocenters. The minimum absolute atomic E-state index is 0.174. The summed E-state index contributed by atoms with van der Waals surface area (Å²) in [4.78, 5) is 13.0. The van der Waals surface area contributed by atoms with Crippen molar-refractivity contribution >= 4 is 11.7 Å². The Morgan fingerprint density at radius 1 is 1.50 bits per heavy atom. The Labute approximate surface area is 94.4 Å². The molecule has 2 atom stereocenters. The van der Waals surface area contributed by atoms with Crippen molar-refractivity contribution in [3.63, 3.8) is 0 Å².